The largest absolute Gasteiger partial charge is 0.491 e. The lowest BCUT2D eigenvalue weighted by Crippen LogP contribution is -2.12. The van der Waals surface area contributed by atoms with Gasteiger partial charge in [-0.3, -0.25) is 9.59 Å². The topological polar surface area (TPSA) is 85.2 Å². The fourth-order valence-electron chi connectivity index (χ4n) is 2.19. The quantitative estimate of drug-likeness (QED) is 0.239. The first-order valence-corrected chi connectivity index (χ1v) is 8.67. The van der Waals surface area contributed by atoms with E-state index in [0.29, 0.717) is 11.3 Å². The highest BCUT2D eigenvalue weighted by Crippen LogP contribution is 2.30. The second kappa shape index (κ2) is 9.74. The van der Waals surface area contributed by atoms with E-state index in [9.17, 15) is 9.59 Å². The Balaban J connectivity index is 2.09. The van der Waals surface area contributed by atoms with Gasteiger partial charge in [-0.25, -0.2) is 0 Å². The number of ketones is 1. The molecule has 0 atom stereocenters. The van der Waals surface area contributed by atoms with Crippen molar-refractivity contribution in [3.8, 4) is 5.75 Å². The van der Waals surface area contributed by atoms with Gasteiger partial charge in [0.05, 0.1) is 6.61 Å². The summed E-state index contributed by atoms with van der Waals surface area (Å²) in [7, 11) is 0. The van der Waals surface area contributed by atoms with Gasteiger partial charge < -0.3 is 14.7 Å². The Morgan fingerprint density at radius 1 is 1.19 bits per heavy atom. The summed E-state index contributed by atoms with van der Waals surface area (Å²) < 4.78 is 5.33. The van der Waals surface area contributed by atoms with Crippen molar-refractivity contribution in [2.75, 3.05) is 13.2 Å². The smallest absolute Gasteiger partial charge is 0.323 e. The Labute approximate surface area is 155 Å². The molecule has 2 aromatic rings. The molecule has 0 amide bonds. The van der Waals surface area contributed by atoms with Gasteiger partial charge in [0.25, 0.3) is 0 Å². The number of Topliss-reactive ketones (excluding diaryl/α,β-unsaturated/α-hetero) is 1. The van der Waals surface area contributed by atoms with Gasteiger partial charge in [0.1, 0.15) is 18.1 Å². The number of aliphatic hydroxyl groups is 1. The van der Waals surface area contributed by atoms with Gasteiger partial charge >= 0.3 is 6.47 Å². The molecule has 7 heteroatoms. The van der Waals surface area contributed by atoms with Crippen LogP contribution >= 0.6 is 11.8 Å². The number of benzene rings is 2. The number of hydrogen-bond donors (Lipinski definition) is 1. The van der Waals surface area contributed by atoms with Crippen LogP contribution < -0.4 is 4.74 Å². The van der Waals surface area contributed by atoms with Crippen molar-refractivity contribution in [1.82, 2.24) is 0 Å². The van der Waals surface area contributed by atoms with Crippen molar-refractivity contribution in [1.29, 1.82) is 0 Å². The fraction of sp³-hybridized carbons (Fsp3) is 0.211. The molecule has 0 aromatic heterocycles. The highest BCUT2D eigenvalue weighted by molar-refractivity contribution is 7.99. The van der Waals surface area contributed by atoms with Crippen LogP contribution in [0.1, 0.15) is 22.8 Å². The molecule has 0 radical (unpaired) electrons. The van der Waals surface area contributed by atoms with Crippen LogP contribution in [0.15, 0.2) is 57.4 Å². The van der Waals surface area contributed by atoms with Crippen LogP contribution in [-0.4, -0.2) is 36.3 Å². The Bertz CT molecular complexity index is 802. The van der Waals surface area contributed by atoms with Gasteiger partial charge in [-0.2, -0.15) is 0 Å². The number of nitrogens with zero attached hydrogens (tertiary/aromatic N) is 1. The van der Waals surface area contributed by atoms with Crippen molar-refractivity contribution < 1.29 is 24.3 Å². The number of hydrogen-bond acceptors (Lipinski definition) is 7. The molecule has 0 heterocycles. The van der Waals surface area contributed by atoms with Crippen LogP contribution in [0.5, 0.6) is 5.75 Å². The maximum atomic E-state index is 12.3. The number of oxime groups is 1. The minimum absolute atomic E-state index is 0.0215. The molecule has 0 spiro atoms. The van der Waals surface area contributed by atoms with Crippen molar-refractivity contribution in [3.63, 3.8) is 0 Å². The highest BCUT2D eigenvalue weighted by atomic mass is 32.2. The Morgan fingerprint density at radius 3 is 2.50 bits per heavy atom. The maximum Gasteiger partial charge on any atom is 0.323 e. The Morgan fingerprint density at radius 2 is 1.88 bits per heavy atom. The van der Waals surface area contributed by atoms with Crippen LogP contribution in [0.25, 0.3) is 0 Å². The molecule has 0 aliphatic carbocycles. The molecular weight excluding hydrogens is 354 g/mol. The van der Waals surface area contributed by atoms with Crippen LogP contribution in [0.3, 0.4) is 0 Å². The second-order valence-electron chi connectivity index (χ2n) is 5.33. The number of ether oxygens (including phenoxy) is 1. The van der Waals surface area contributed by atoms with Crippen molar-refractivity contribution in [3.05, 3.63) is 53.6 Å². The van der Waals surface area contributed by atoms with Gasteiger partial charge in [0, 0.05) is 15.4 Å². The molecule has 0 saturated carbocycles. The fourth-order valence-corrected chi connectivity index (χ4v) is 3.11. The van der Waals surface area contributed by atoms with Crippen LogP contribution in [-0.2, 0) is 9.63 Å². The lowest BCUT2D eigenvalue weighted by atomic mass is 10.0. The lowest BCUT2D eigenvalue weighted by Gasteiger charge is -2.08. The zero-order valence-corrected chi connectivity index (χ0v) is 15.3. The van der Waals surface area contributed by atoms with E-state index in [1.54, 1.807) is 17.8 Å². The third-order valence-electron chi connectivity index (χ3n) is 3.42. The summed E-state index contributed by atoms with van der Waals surface area (Å²) in [5.41, 5.74) is 1.43. The lowest BCUT2D eigenvalue weighted by molar-refractivity contribution is -0.128. The molecule has 2 aromatic carbocycles. The predicted molar refractivity (Wildman–Crippen MR) is 98.9 cm³/mol. The minimum atomic E-state index is -0.286. The summed E-state index contributed by atoms with van der Waals surface area (Å²) in [6.45, 7) is 3.75. The number of rotatable bonds is 9. The summed E-state index contributed by atoms with van der Waals surface area (Å²) in [5, 5.41) is 12.2. The van der Waals surface area contributed by atoms with E-state index < -0.39 is 0 Å². The van der Waals surface area contributed by atoms with Crippen molar-refractivity contribution in [2.24, 2.45) is 5.16 Å². The van der Waals surface area contributed by atoms with Crippen LogP contribution in [0.4, 0.5) is 0 Å². The van der Waals surface area contributed by atoms with Gasteiger partial charge in [-0.15, -0.1) is 0 Å². The first-order chi connectivity index (χ1) is 12.5. The summed E-state index contributed by atoms with van der Waals surface area (Å²) in [4.78, 5) is 28.7. The minimum Gasteiger partial charge on any atom is -0.491 e. The van der Waals surface area contributed by atoms with Gasteiger partial charge in [-0.1, -0.05) is 16.9 Å². The molecule has 0 aliphatic rings. The molecule has 0 bridgehead atoms. The molecule has 136 valence electrons. The summed E-state index contributed by atoms with van der Waals surface area (Å²) in [6, 6.07) is 13.1. The van der Waals surface area contributed by atoms with E-state index in [-0.39, 0.29) is 31.2 Å². The highest BCUT2D eigenvalue weighted by Gasteiger charge is 2.14. The van der Waals surface area contributed by atoms with E-state index >= 15 is 0 Å². The van der Waals surface area contributed by atoms with Gasteiger partial charge in [-0.05, 0) is 61.9 Å². The average Bonchev–Trinajstić information content (AvgIpc) is 2.65. The molecular formula is C19H19NO5S. The van der Waals surface area contributed by atoms with Crippen LogP contribution in [0.2, 0.25) is 0 Å². The molecule has 0 fully saturated rings. The average molecular weight is 373 g/mol. The first kappa shape index (κ1) is 19.7. The number of carbonyl (C=O) groups excluding carboxylic acids is 2. The van der Waals surface area contributed by atoms with Crippen LogP contribution in [0, 0.1) is 6.92 Å². The molecule has 0 unspecified atom stereocenters. The summed E-state index contributed by atoms with van der Waals surface area (Å²) in [5.74, 6) is 0.416. The summed E-state index contributed by atoms with van der Waals surface area (Å²) >= 11 is 1.56. The third-order valence-corrected chi connectivity index (χ3v) is 4.42. The molecule has 0 saturated heterocycles. The molecule has 0 aliphatic heterocycles. The third kappa shape index (κ3) is 5.44. The van der Waals surface area contributed by atoms with Gasteiger partial charge in [0.15, 0.2) is 0 Å². The van der Waals surface area contributed by atoms with Gasteiger partial charge in [0.2, 0.25) is 5.78 Å². The molecule has 2 rings (SSSR count). The van der Waals surface area contributed by atoms with Crippen molar-refractivity contribution >= 4 is 29.7 Å². The predicted octanol–water partition coefficient (Wildman–Crippen LogP) is 3.25. The number of aliphatic hydroxyl groups excluding tert-OH is 1. The van der Waals surface area contributed by atoms with E-state index in [4.69, 9.17) is 9.84 Å². The Kier molecular flexibility index (Phi) is 7.37. The maximum absolute atomic E-state index is 12.3. The van der Waals surface area contributed by atoms with E-state index in [1.165, 1.54) is 6.92 Å². The SMILES string of the molecule is C/C(=N\OC=O)C(=O)c1ccc(Sc2ccc(OCCO)cc2)cc1C. The molecule has 26 heavy (non-hydrogen) atoms. The molecule has 6 nitrogen and oxygen atoms in total. The monoisotopic (exact) mass is 373 g/mol. The first-order valence-electron chi connectivity index (χ1n) is 7.86. The zero-order chi connectivity index (χ0) is 18.9. The molecule has 1 N–H and O–H groups in total. The normalized spacial score (nSPS) is 11.1. The van der Waals surface area contributed by atoms with E-state index in [0.717, 1.165) is 15.4 Å². The number of aryl methyl sites for hydroxylation is 1. The van der Waals surface area contributed by atoms with E-state index in [1.807, 2.05) is 43.3 Å². The van der Waals surface area contributed by atoms with Crippen molar-refractivity contribution in [2.45, 2.75) is 23.6 Å². The Hall–Kier alpha value is -2.64. The second-order valence-corrected chi connectivity index (χ2v) is 6.48. The standard InChI is InChI=1S/C19H19NO5S/c1-13-11-17(7-8-18(13)19(23)14(2)20-25-12-22)26-16-5-3-15(4-6-16)24-10-9-21/h3-8,11-12,21H,9-10H2,1-2H3/b20-14+. The van der Waals surface area contributed by atoms with E-state index in [2.05, 4.69) is 9.99 Å². The zero-order valence-electron chi connectivity index (χ0n) is 14.5. The number of carbonyl (C=O) groups is 2. The summed E-state index contributed by atoms with van der Waals surface area (Å²) in [6.07, 6.45) is 0.